The number of aromatic nitrogens is 3. The quantitative estimate of drug-likeness (QED) is 0.805. The van der Waals surface area contributed by atoms with Crippen LogP contribution in [0.5, 0.6) is 0 Å². The molecule has 1 saturated heterocycles. The molecule has 2 aromatic heterocycles. The van der Waals surface area contributed by atoms with Gasteiger partial charge in [0.15, 0.2) is 5.65 Å². The zero-order valence-electron chi connectivity index (χ0n) is 15.6. The van der Waals surface area contributed by atoms with Crippen LogP contribution in [0.15, 0.2) is 12.3 Å². The van der Waals surface area contributed by atoms with Gasteiger partial charge in [0.2, 0.25) is 0 Å². The van der Waals surface area contributed by atoms with Crippen LogP contribution in [0, 0.1) is 12.8 Å². The summed E-state index contributed by atoms with van der Waals surface area (Å²) in [6.07, 6.45) is 5.10. The van der Waals surface area contributed by atoms with Crippen LogP contribution >= 0.6 is 24.8 Å². The van der Waals surface area contributed by atoms with E-state index in [9.17, 15) is 4.79 Å². The molecule has 6 nitrogen and oxygen atoms in total. The highest BCUT2D eigenvalue weighted by molar-refractivity contribution is 6.05. The molecular formula is C18H29Cl2N5O. The number of aryl methyl sites for hydroxylation is 1. The Morgan fingerprint density at radius 2 is 2.23 bits per heavy atom. The molecule has 8 heteroatoms. The van der Waals surface area contributed by atoms with Crippen molar-refractivity contribution in [3.05, 3.63) is 23.5 Å². The lowest BCUT2D eigenvalue weighted by atomic mass is 9.99. The van der Waals surface area contributed by atoms with Crippen LogP contribution in [0.2, 0.25) is 0 Å². The number of hydrogen-bond acceptors (Lipinski definition) is 4. The molecule has 0 spiro atoms. The molecule has 2 unspecified atom stereocenters. The topological polar surface area (TPSA) is 71.8 Å². The number of pyridine rings is 1. The van der Waals surface area contributed by atoms with Crippen molar-refractivity contribution in [3.8, 4) is 0 Å². The highest BCUT2D eigenvalue weighted by atomic mass is 35.5. The van der Waals surface area contributed by atoms with Crippen molar-refractivity contribution in [1.82, 2.24) is 25.4 Å². The van der Waals surface area contributed by atoms with Crippen molar-refractivity contribution in [3.63, 3.8) is 0 Å². The van der Waals surface area contributed by atoms with Crippen LogP contribution in [0.1, 0.15) is 55.2 Å². The van der Waals surface area contributed by atoms with E-state index in [1.54, 1.807) is 6.20 Å². The van der Waals surface area contributed by atoms with Crippen LogP contribution in [0.25, 0.3) is 11.0 Å². The Balaban J connectivity index is 0.00000169. The maximum absolute atomic E-state index is 12.7. The molecule has 0 aromatic carbocycles. The highest BCUT2D eigenvalue weighted by Gasteiger charge is 2.19. The van der Waals surface area contributed by atoms with Gasteiger partial charge >= 0.3 is 0 Å². The summed E-state index contributed by atoms with van der Waals surface area (Å²) in [4.78, 5) is 17.3. The molecule has 0 aliphatic carbocycles. The van der Waals surface area contributed by atoms with Gasteiger partial charge in [-0.05, 0) is 58.2 Å². The van der Waals surface area contributed by atoms with E-state index in [-0.39, 0.29) is 36.8 Å². The molecule has 2 aromatic rings. The number of rotatable bonds is 5. The average Bonchev–Trinajstić information content (AvgIpc) is 3.02. The van der Waals surface area contributed by atoms with E-state index < -0.39 is 0 Å². The standard InChI is InChI=1S/C18H27N5O.2ClH/c1-4-13(3)23-17-16(11-21-23)15(8-12(2)22-17)18(24)20-10-14-6-5-7-19-9-14;;/h8,11,13-14,19H,4-7,9-10H2,1-3H3,(H,20,24);2*1H. The second-order valence-corrected chi connectivity index (χ2v) is 6.82. The minimum Gasteiger partial charge on any atom is -0.352 e. The lowest BCUT2D eigenvalue weighted by Gasteiger charge is -2.23. The van der Waals surface area contributed by atoms with Crippen LogP contribution in [-0.4, -0.2) is 40.3 Å². The SMILES string of the molecule is CCC(C)n1ncc2c(C(=O)NCC3CCCNC3)cc(C)nc21.Cl.Cl. The van der Waals surface area contributed by atoms with E-state index >= 15 is 0 Å². The van der Waals surface area contributed by atoms with E-state index in [0.717, 1.165) is 36.2 Å². The first-order valence-electron chi connectivity index (χ1n) is 8.94. The van der Waals surface area contributed by atoms with Gasteiger partial charge < -0.3 is 10.6 Å². The zero-order valence-corrected chi connectivity index (χ0v) is 17.3. The van der Waals surface area contributed by atoms with Gasteiger partial charge in [-0.1, -0.05) is 6.92 Å². The lowest BCUT2D eigenvalue weighted by Crippen LogP contribution is -2.38. The third-order valence-corrected chi connectivity index (χ3v) is 4.90. The molecule has 1 aliphatic heterocycles. The average molecular weight is 402 g/mol. The Hall–Kier alpha value is -1.37. The zero-order chi connectivity index (χ0) is 17.1. The summed E-state index contributed by atoms with van der Waals surface area (Å²) in [6.45, 7) is 8.95. The van der Waals surface area contributed by atoms with E-state index in [1.165, 1.54) is 12.8 Å². The van der Waals surface area contributed by atoms with Crippen molar-refractivity contribution in [2.45, 2.75) is 46.1 Å². The molecule has 1 amide bonds. The maximum atomic E-state index is 12.7. The minimum absolute atomic E-state index is 0. The molecule has 0 radical (unpaired) electrons. The molecule has 2 N–H and O–H groups in total. The Labute approximate surface area is 167 Å². The number of nitrogens with zero attached hydrogens (tertiary/aromatic N) is 3. The Bertz CT molecular complexity index is 728. The second-order valence-electron chi connectivity index (χ2n) is 6.82. The number of amides is 1. The number of hydrogen-bond donors (Lipinski definition) is 2. The summed E-state index contributed by atoms with van der Waals surface area (Å²) in [5, 5.41) is 11.8. The van der Waals surface area contributed by atoms with Gasteiger partial charge in [0.25, 0.3) is 5.91 Å². The summed E-state index contributed by atoms with van der Waals surface area (Å²) in [7, 11) is 0. The number of nitrogens with one attached hydrogen (secondary N) is 2. The minimum atomic E-state index is -0.0280. The molecule has 1 fully saturated rings. The summed E-state index contributed by atoms with van der Waals surface area (Å²) >= 11 is 0. The van der Waals surface area contributed by atoms with Crippen molar-refractivity contribution < 1.29 is 4.79 Å². The highest BCUT2D eigenvalue weighted by Crippen LogP contribution is 2.22. The first-order chi connectivity index (χ1) is 11.6. The fourth-order valence-electron chi connectivity index (χ4n) is 3.26. The number of piperidine rings is 1. The summed E-state index contributed by atoms with van der Waals surface area (Å²) in [6, 6.07) is 2.13. The van der Waals surface area contributed by atoms with Crippen LogP contribution in [0.4, 0.5) is 0 Å². The van der Waals surface area contributed by atoms with Gasteiger partial charge in [0.05, 0.1) is 23.2 Å². The van der Waals surface area contributed by atoms with Crippen LogP contribution in [-0.2, 0) is 0 Å². The predicted octanol–water partition coefficient (Wildman–Crippen LogP) is 3.28. The van der Waals surface area contributed by atoms with Crippen molar-refractivity contribution in [2.24, 2.45) is 5.92 Å². The molecule has 2 atom stereocenters. The molecule has 146 valence electrons. The first-order valence-corrected chi connectivity index (χ1v) is 8.94. The van der Waals surface area contributed by atoms with E-state index in [2.05, 4.69) is 34.6 Å². The third-order valence-electron chi connectivity index (χ3n) is 4.90. The Morgan fingerprint density at radius 1 is 1.46 bits per heavy atom. The Morgan fingerprint density at radius 3 is 2.88 bits per heavy atom. The van der Waals surface area contributed by atoms with E-state index in [4.69, 9.17) is 0 Å². The molecule has 0 bridgehead atoms. The van der Waals surface area contributed by atoms with Crippen LogP contribution in [0.3, 0.4) is 0 Å². The van der Waals surface area contributed by atoms with Gasteiger partial charge in [-0.15, -0.1) is 24.8 Å². The van der Waals surface area contributed by atoms with Gasteiger partial charge in [-0.2, -0.15) is 5.10 Å². The molecule has 3 rings (SSSR count). The van der Waals surface area contributed by atoms with Gasteiger partial charge in [-0.3, -0.25) is 4.79 Å². The number of carbonyl (C=O) groups is 1. The van der Waals surface area contributed by atoms with Gasteiger partial charge in [-0.25, -0.2) is 9.67 Å². The van der Waals surface area contributed by atoms with Crippen molar-refractivity contribution in [2.75, 3.05) is 19.6 Å². The number of carbonyl (C=O) groups excluding carboxylic acids is 1. The summed E-state index contributed by atoms with van der Waals surface area (Å²) < 4.78 is 1.92. The van der Waals surface area contributed by atoms with Crippen molar-refractivity contribution in [1.29, 1.82) is 0 Å². The maximum Gasteiger partial charge on any atom is 0.252 e. The first kappa shape index (κ1) is 22.7. The van der Waals surface area contributed by atoms with E-state index in [0.29, 0.717) is 18.0 Å². The van der Waals surface area contributed by atoms with Gasteiger partial charge in [0.1, 0.15) is 0 Å². The smallest absolute Gasteiger partial charge is 0.252 e. The second kappa shape index (κ2) is 10.1. The molecule has 26 heavy (non-hydrogen) atoms. The van der Waals surface area contributed by atoms with E-state index in [1.807, 2.05) is 17.7 Å². The molecular weight excluding hydrogens is 373 g/mol. The Kier molecular flexibility index (Phi) is 8.80. The van der Waals surface area contributed by atoms with Crippen molar-refractivity contribution >= 4 is 41.8 Å². The largest absolute Gasteiger partial charge is 0.352 e. The molecule has 3 heterocycles. The number of halogens is 2. The van der Waals surface area contributed by atoms with Crippen LogP contribution < -0.4 is 10.6 Å². The summed E-state index contributed by atoms with van der Waals surface area (Å²) in [5.41, 5.74) is 2.32. The lowest BCUT2D eigenvalue weighted by molar-refractivity contribution is 0.0946. The molecule has 1 aliphatic rings. The predicted molar refractivity (Wildman–Crippen MR) is 110 cm³/mol. The fourth-order valence-corrected chi connectivity index (χ4v) is 3.26. The number of fused-ring (bicyclic) bond motifs is 1. The van der Waals surface area contributed by atoms with Gasteiger partial charge in [0, 0.05) is 12.2 Å². The fraction of sp³-hybridized carbons (Fsp3) is 0.611. The normalized spacial score (nSPS) is 17.9. The monoisotopic (exact) mass is 401 g/mol. The molecule has 0 saturated carbocycles. The third kappa shape index (κ3) is 4.87. The summed E-state index contributed by atoms with van der Waals surface area (Å²) in [5.74, 6) is 0.490.